The highest BCUT2D eigenvalue weighted by atomic mass is 16.3. The Morgan fingerprint density at radius 2 is 1.73 bits per heavy atom. The van der Waals surface area contributed by atoms with E-state index in [9.17, 15) is 5.11 Å². The normalized spacial score (nSPS) is 46.2. The Labute approximate surface area is 92.7 Å². The third-order valence-electron chi connectivity index (χ3n) is 4.96. The fraction of sp³-hybridized carbons (Fsp3) is 1.00. The lowest BCUT2D eigenvalue weighted by atomic mass is 9.85. The van der Waals surface area contributed by atoms with E-state index >= 15 is 0 Å². The maximum Gasteiger partial charge on any atom is 0.0611 e. The molecule has 0 aromatic heterocycles. The summed E-state index contributed by atoms with van der Waals surface area (Å²) in [5.41, 5.74) is 0. The van der Waals surface area contributed by atoms with Crippen molar-refractivity contribution in [3.63, 3.8) is 0 Å². The fourth-order valence-corrected chi connectivity index (χ4v) is 4.08. The van der Waals surface area contributed by atoms with Crippen molar-refractivity contribution in [3.05, 3.63) is 0 Å². The molecule has 0 aromatic carbocycles. The van der Waals surface area contributed by atoms with Gasteiger partial charge in [0.15, 0.2) is 0 Å². The highest BCUT2D eigenvalue weighted by Crippen LogP contribution is 2.48. The Hall–Kier alpha value is -0.0800. The van der Waals surface area contributed by atoms with Crippen molar-refractivity contribution in [2.45, 2.75) is 44.6 Å². The second kappa shape index (κ2) is 4.06. The van der Waals surface area contributed by atoms with Crippen LogP contribution in [0.5, 0.6) is 0 Å². The Morgan fingerprint density at radius 1 is 1.00 bits per heavy atom. The van der Waals surface area contributed by atoms with Gasteiger partial charge in [-0.15, -0.1) is 0 Å². The molecular weight excluding hydrogens is 186 g/mol. The molecule has 2 nitrogen and oxygen atoms in total. The van der Waals surface area contributed by atoms with Gasteiger partial charge in [-0.25, -0.2) is 0 Å². The van der Waals surface area contributed by atoms with Gasteiger partial charge < -0.3 is 10.0 Å². The van der Waals surface area contributed by atoms with Crippen LogP contribution in [0.2, 0.25) is 0 Å². The number of nitrogens with zero attached hydrogens (tertiary/aromatic N) is 1. The SMILES string of the molecule is OC1C(CN2CCCCC2)[C@@H]2CC[C@H]1C2. The van der Waals surface area contributed by atoms with Crippen LogP contribution < -0.4 is 0 Å². The van der Waals surface area contributed by atoms with Crippen LogP contribution in [-0.2, 0) is 0 Å². The largest absolute Gasteiger partial charge is 0.392 e. The molecule has 1 heterocycles. The van der Waals surface area contributed by atoms with Crippen LogP contribution >= 0.6 is 0 Å². The Balaban J connectivity index is 1.58. The summed E-state index contributed by atoms with van der Waals surface area (Å²) < 4.78 is 0. The summed E-state index contributed by atoms with van der Waals surface area (Å²) >= 11 is 0. The Kier molecular flexibility index (Phi) is 2.73. The second-order valence-corrected chi connectivity index (χ2v) is 5.85. The van der Waals surface area contributed by atoms with Gasteiger partial charge in [-0.1, -0.05) is 6.42 Å². The molecule has 2 bridgehead atoms. The van der Waals surface area contributed by atoms with E-state index in [1.165, 1.54) is 58.2 Å². The zero-order chi connectivity index (χ0) is 10.3. The van der Waals surface area contributed by atoms with E-state index in [-0.39, 0.29) is 6.10 Å². The van der Waals surface area contributed by atoms with Crippen LogP contribution in [0.1, 0.15) is 38.5 Å². The minimum atomic E-state index is 0.0330. The molecule has 1 aliphatic heterocycles. The van der Waals surface area contributed by atoms with Crippen LogP contribution in [0.4, 0.5) is 0 Å². The lowest BCUT2D eigenvalue weighted by Crippen LogP contribution is -2.40. The molecule has 1 saturated heterocycles. The summed E-state index contributed by atoms with van der Waals surface area (Å²) in [4.78, 5) is 2.60. The summed E-state index contributed by atoms with van der Waals surface area (Å²) in [5.74, 6) is 2.12. The van der Waals surface area contributed by atoms with Gasteiger partial charge in [0, 0.05) is 12.5 Å². The maximum absolute atomic E-state index is 10.2. The number of aliphatic hydroxyl groups excluding tert-OH is 1. The molecule has 4 atom stereocenters. The number of hydrogen-bond donors (Lipinski definition) is 1. The maximum atomic E-state index is 10.2. The fourth-order valence-electron chi connectivity index (χ4n) is 4.08. The summed E-state index contributed by atoms with van der Waals surface area (Å²) in [6, 6.07) is 0. The molecule has 2 saturated carbocycles. The monoisotopic (exact) mass is 209 g/mol. The summed E-state index contributed by atoms with van der Waals surface area (Å²) in [7, 11) is 0. The van der Waals surface area contributed by atoms with Gasteiger partial charge >= 0.3 is 0 Å². The average molecular weight is 209 g/mol. The van der Waals surface area contributed by atoms with Gasteiger partial charge in [0.1, 0.15) is 0 Å². The summed E-state index contributed by atoms with van der Waals surface area (Å²) in [6.07, 6.45) is 8.19. The van der Waals surface area contributed by atoms with Gasteiger partial charge in [0.05, 0.1) is 6.10 Å². The van der Waals surface area contributed by atoms with Gasteiger partial charge in [0.25, 0.3) is 0 Å². The molecule has 0 amide bonds. The number of rotatable bonds is 2. The van der Waals surface area contributed by atoms with Crippen LogP contribution in [0.15, 0.2) is 0 Å². The third kappa shape index (κ3) is 1.83. The highest BCUT2D eigenvalue weighted by molar-refractivity contribution is 4.97. The van der Waals surface area contributed by atoms with Crippen LogP contribution in [0, 0.1) is 17.8 Å². The predicted molar refractivity (Wildman–Crippen MR) is 60.6 cm³/mol. The highest BCUT2D eigenvalue weighted by Gasteiger charge is 2.46. The number of fused-ring (bicyclic) bond motifs is 2. The number of hydrogen-bond acceptors (Lipinski definition) is 2. The van der Waals surface area contributed by atoms with Crippen molar-refractivity contribution < 1.29 is 5.11 Å². The Bertz CT molecular complexity index is 223. The van der Waals surface area contributed by atoms with E-state index in [0.29, 0.717) is 11.8 Å². The molecule has 15 heavy (non-hydrogen) atoms. The molecule has 3 aliphatic rings. The summed E-state index contributed by atoms with van der Waals surface area (Å²) in [6.45, 7) is 3.74. The molecule has 0 radical (unpaired) electrons. The zero-order valence-corrected chi connectivity index (χ0v) is 9.57. The molecule has 1 N–H and O–H groups in total. The van der Waals surface area contributed by atoms with Gasteiger partial charge in [-0.3, -0.25) is 0 Å². The first-order valence-corrected chi connectivity index (χ1v) is 6.75. The van der Waals surface area contributed by atoms with Crippen molar-refractivity contribution in [1.29, 1.82) is 0 Å². The molecule has 3 fully saturated rings. The number of aliphatic hydroxyl groups is 1. The molecular formula is C13H23NO. The van der Waals surface area contributed by atoms with Gasteiger partial charge in [-0.05, 0) is 57.0 Å². The lowest BCUT2D eigenvalue weighted by molar-refractivity contribution is 0.0341. The van der Waals surface area contributed by atoms with E-state index in [4.69, 9.17) is 0 Å². The quantitative estimate of drug-likeness (QED) is 0.750. The molecule has 2 aliphatic carbocycles. The number of likely N-dealkylation sites (tertiary alicyclic amines) is 1. The van der Waals surface area contributed by atoms with E-state index in [2.05, 4.69) is 4.90 Å². The van der Waals surface area contributed by atoms with E-state index in [1.54, 1.807) is 0 Å². The number of piperidine rings is 1. The van der Waals surface area contributed by atoms with Crippen molar-refractivity contribution in [1.82, 2.24) is 4.90 Å². The summed E-state index contributed by atoms with van der Waals surface area (Å²) in [5, 5.41) is 10.2. The molecule has 3 rings (SSSR count). The van der Waals surface area contributed by atoms with E-state index in [1.807, 2.05) is 0 Å². The smallest absolute Gasteiger partial charge is 0.0611 e. The van der Waals surface area contributed by atoms with Gasteiger partial charge in [0.2, 0.25) is 0 Å². The molecule has 0 aromatic rings. The first-order chi connectivity index (χ1) is 7.34. The first-order valence-electron chi connectivity index (χ1n) is 6.75. The minimum absolute atomic E-state index is 0.0330. The minimum Gasteiger partial charge on any atom is -0.392 e. The molecule has 0 spiro atoms. The predicted octanol–water partition coefficient (Wildman–Crippen LogP) is 1.88. The van der Waals surface area contributed by atoms with Gasteiger partial charge in [-0.2, -0.15) is 0 Å². The lowest BCUT2D eigenvalue weighted by Gasteiger charge is -2.34. The second-order valence-electron chi connectivity index (χ2n) is 5.85. The molecule has 2 heteroatoms. The van der Waals surface area contributed by atoms with Crippen molar-refractivity contribution in [3.8, 4) is 0 Å². The average Bonchev–Trinajstić information content (AvgIpc) is 2.84. The van der Waals surface area contributed by atoms with Crippen molar-refractivity contribution in [2.75, 3.05) is 19.6 Å². The van der Waals surface area contributed by atoms with Crippen LogP contribution in [0.25, 0.3) is 0 Å². The Morgan fingerprint density at radius 3 is 2.40 bits per heavy atom. The third-order valence-corrected chi connectivity index (χ3v) is 4.96. The van der Waals surface area contributed by atoms with Crippen LogP contribution in [-0.4, -0.2) is 35.7 Å². The molecule has 2 unspecified atom stereocenters. The van der Waals surface area contributed by atoms with E-state index < -0.39 is 0 Å². The standard InChI is InChI=1S/C13H23NO/c15-13-11-5-4-10(8-11)12(13)9-14-6-2-1-3-7-14/h10-13,15H,1-9H2/t10-,11+,12?,13?/m1/s1. The van der Waals surface area contributed by atoms with Crippen LogP contribution in [0.3, 0.4) is 0 Å². The topological polar surface area (TPSA) is 23.5 Å². The van der Waals surface area contributed by atoms with Crippen molar-refractivity contribution >= 4 is 0 Å². The molecule has 86 valence electrons. The zero-order valence-electron chi connectivity index (χ0n) is 9.57. The van der Waals surface area contributed by atoms with Crippen molar-refractivity contribution in [2.24, 2.45) is 17.8 Å². The first kappa shape index (κ1) is 10.1. The van der Waals surface area contributed by atoms with E-state index in [0.717, 1.165) is 5.92 Å².